The number of carbonyl (C=O) groups excluding carboxylic acids is 2. The van der Waals surface area contributed by atoms with Crippen molar-refractivity contribution in [2.75, 3.05) is 11.9 Å². The molecule has 5 rings (SSSR count). The summed E-state index contributed by atoms with van der Waals surface area (Å²) in [7, 11) is 0. The summed E-state index contributed by atoms with van der Waals surface area (Å²) < 4.78 is 1.98. The summed E-state index contributed by atoms with van der Waals surface area (Å²) in [4.78, 5) is 38.3. The second kappa shape index (κ2) is 10.8. The maximum atomic E-state index is 12.8. The van der Waals surface area contributed by atoms with E-state index in [9.17, 15) is 9.59 Å². The molecule has 0 atom stereocenters. The standard InChI is InChI=1S/C29H26N6O2/c1-20(36)32-24-10-5-9-22(17-24)28-27(21-7-3-2-4-8-21)34-26-18-23(11-12-25(26)33-28)29(37)31-13-6-15-35-16-14-30-19-35/h2-5,7-12,14,16-19H,6,13,15H2,1H3,(H,31,37)(H,32,36). The van der Waals surface area contributed by atoms with Crippen molar-refractivity contribution >= 4 is 28.5 Å². The fourth-order valence-electron chi connectivity index (χ4n) is 4.13. The Kier molecular flexibility index (Phi) is 6.98. The number of aromatic nitrogens is 4. The van der Waals surface area contributed by atoms with Gasteiger partial charge < -0.3 is 15.2 Å². The zero-order valence-electron chi connectivity index (χ0n) is 20.4. The van der Waals surface area contributed by atoms with Crippen molar-refractivity contribution in [2.45, 2.75) is 19.9 Å². The molecule has 184 valence electrons. The van der Waals surface area contributed by atoms with Crippen molar-refractivity contribution < 1.29 is 9.59 Å². The first-order chi connectivity index (χ1) is 18.1. The fraction of sp³-hybridized carbons (Fsp3) is 0.138. The van der Waals surface area contributed by atoms with Crippen molar-refractivity contribution in [2.24, 2.45) is 0 Å². The molecular weight excluding hydrogens is 464 g/mol. The molecule has 0 unspecified atom stereocenters. The van der Waals surface area contributed by atoms with Crippen LogP contribution in [0.4, 0.5) is 5.69 Å². The number of nitrogens with one attached hydrogen (secondary N) is 2. The van der Waals surface area contributed by atoms with Crippen molar-refractivity contribution in [1.82, 2.24) is 24.8 Å². The molecule has 0 radical (unpaired) electrons. The first-order valence-electron chi connectivity index (χ1n) is 12.1. The normalized spacial score (nSPS) is 10.8. The van der Waals surface area contributed by atoms with E-state index in [-0.39, 0.29) is 11.8 Å². The van der Waals surface area contributed by atoms with E-state index in [1.54, 1.807) is 24.7 Å². The van der Waals surface area contributed by atoms with Crippen LogP contribution in [0.3, 0.4) is 0 Å². The minimum Gasteiger partial charge on any atom is -0.352 e. The second-order valence-electron chi connectivity index (χ2n) is 8.66. The summed E-state index contributed by atoms with van der Waals surface area (Å²) in [6.45, 7) is 2.82. The number of fused-ring (bicyclic) bond motifs is 1. The van der Waals surface area contributed by atoms with Crippen LogP contribution in [0.5, 0.6) is 0 Å². The average Bonchev–Trinajstić information content (AvgIpc) is 3.44. The van der Waals surface area contributed by atoms with E-state index in [2.05, 4.69) is 15.6 Å². The molecule has 5 aromatic rings. The molecule has 8 heteroatoms. The largest absolute Gasteiger partial charge is 0.352 e. The maximum absolute atomic E-state index is 12.8. The SMILES string of the molecule is CC(=O)Nc1cccc(-c2nc3ccc(C(=O)NCCCn4ccnc4)cc3nc2-c2ccccc2)c1. The minimum absolute atomic E-state index is 0.141. The Morgan fingerprint density at radius 2 is 1.65 bits per heavy atom. The van der Waals surface area contributed by atoms with Crippen LogP contribution in [0.25, 0.3) is 33.5 Å². The number of hydrogen-bond acceptors (Lipinski definition) is 5. The molecule has 0 saturated carbocycles. The number of aryl methyl sites for hydroxylation is 1. The van der Waals surface area contributed by atoms with Crippen LogP contribution in [0.2, 0.25) is 0 Å². The van der Waals surface area contributed by atoms with Crippen LogP contribution in [-0.4, -0.2) is 37.9 Å². The Morgan fingerprint density at radius 3 is 2.43 bits per heavy atom. The zero-order chi connectivity index (χ0) is 25.6. The molecule has 2 heterocycles. The number of rotatable bonds is 8. The molecule has 3 aromatic carbocycles. The first-order valence-corrected chi connectivity index (χ1v) is 12.1. The van der Waals surface area contributed by atoms with Gasteiger partial charge in [0.05, 0.1) is 28.7 Å². The number of imidazole rings is 1. The molecule has 2 amide bonds. The van der Waals surface area contributed by atoms with E-state index in [1.807, 2.05) is 71.4 Å². The monoisotopic (exact) mass is 490 g/mol. The van der Waals surface area contributed by atoms with Gasteiger partial charge in [0.1, 0.15) is 0 Å². The van der Waals surface area contributed by atoms with Gasteiger partial charge in [0.15, 0.2) is 0 Å². The van der Waals surface area contributed by atoms with E-state index in [0.717, 1.165) is 24.1 Å². The lowest BCUT2D eigenvalue weighted by Crippen LogP contribution is -2.25. The van der Waals surface area contributed by atoms with E-state index >= 15 is 0 Å². The first kappa shape index (κ1) is 23.9. The number of hydrogen-bond donors (Lipinski definition) is 2. The van der Waals surface area contributed by atoms with Crippen LogP contribution >= 0.6 is 0 Å². The van der Waals surface area contributed by atoms with Gasteiger partial charge in [-0.3, -0.25) is 9.59 Å². The van der Waals surface area contributed by atoms with Gasteiger partial charge in [-0.15, -0.1) is 0 Å². The number of benzene rings is 3. The molecule has 0 saturated heterocycles. The van der Waals surface area contributed by atoms with Gasteiger partial charge in [-0.25, -0.2) is 15.0 Å². The molecule has 0 bridgehead atoms. The number of carbonyl (C=O) groups is 2. The summed E-state index contributed by atoms with van der Waals surface area (Å²) in [5.74, 6) is -0.291. The van der Waals surface area contributed by atoms with Crippen molar-refractivity contribution in [3.63, 3.8) is 0 Å². The van der Waals surface area contributed by atoms with Gasteiger partial charge >= 0.3 is 0 Å². The summed E-state index contributed by atoms with van der Waals surface area (Å²) >= 11 is 0. The van der Waals surface area contributed by atoms with E-state index in [0.29, 0.717) is 40.2 Å². The topological polar surface area (TPSA) is 102 Å². The highest BCUT2D eigenvalue weighted by molar-refractivity contribution is 5.98. The molecule has 0 aliphatic carbocycles. The van der Waals surface area contributed by atoms with Crippen molar-refractivity contribution in [3.05, 3.63) is 97.1 Å². The summed E-state index contributed by atoms with van der Waals surface area (Å²) in [5, 5.41) is 5.80. The van der Waals surface area contributed by atoms with Gasteiger partial charge in [-0.1, -0.05) is 42.5 Å². The molecule has 0 aliphatic rings. The lowest BCUT2D eigenvalue weighted by atomic mass is 10.0. The lowest BCUT2D eigenvalue weighted by Gasteiger charge is -2.13. The third-order valence-corrected chi connectivity index (χ3v) is 5.87. The minimum atomic E-state index is -0.150. The van der Waals surface area contributed by atoms with Crippen LogP contribution in [0.1, 0.15) is 23.7 Å². The number of nitrogens with zero attached hydrogens (tertiary/aromatic N) is 4. The molecular formula is C29H26N6O2. The predicted octanol–water partition coefficient (Wildman–Crippen LogP) is 4.94. The van der Waals surface area contributed by atoms with Crippen molar-refractivity contribution in [1.29, 1.82) is 0 Å². The highest BCUT2D eigenvalue weighted by Gasteiger charge is 2.15. The smallest absolute Gasteiger partial charge is 0.251 e. The number of amides is 2. The Hall–Kier alpha value is -4.85. The molecule has 8 nitrogen and oxygen atoms in total. The van der Waals surface area contributed by atoms with Gasteiger partial charge in [-0.05, 0) is 36.8 Å². The van der Waals surface area contributed by atoms with Gasteiger partial charge in [-0.2, -0.15) is 0 Å². The Morgan fingerprint density at radius 1 is 0.865 bits per heavy atom. The molecule has 2 N–H and O–H groups in total. The van der Waals surface area contributed by atoms with Crippen LogP contribution in [0, 0.1) is 0 Å². The number of anilines is 1. The summed E-state index contributed by atoms with van der Waals surface area (Å²) in [6, 6.07) is 22.7. The Labute approximate surface area is 214 Å². The average molecular weight is 491 g/mol. The van der Waals surface area contributed by atoms with E-state index in [1.165, 1.54) is 6.92 Å². The van der Waals surface area contributed by atoms with Gasteiger partial charge in [0.2, 0.25) is 5.91 Å². The molecule has 0 fully saturated rings. The molecule has 37 heavy (non-hydrogen) atoms. The molecule has 0 spiro atoms. The highest BCUT2D eigenvalue weighted by Crippen LogP contribution is 2.32. The Balaban J connectivity index is 1.46. The quantitative estimate of drug-likeness (QED) is 0.300. The second-order valence-corrected chi connectivity index (χ2v) is 8.66. The molecule has 2 aromatic heterocycles. The third-order valence-electron chi connectivity index (χ3n) is 5.87. The zero-order valence-corrected chi connectivity index (χ0v) is 20.4. The van der Waals surface area contributed by atoms with E-state index < -0.39 is 0 Å². The predicted molar refractivity (Wildman–Crippen MR) is 144 cm³/mol. The van der Waals surface area contributed by atoms with Gasteiger partial charge in [0.25, 0.3) is 5.91 Å². The summed E-state index contributed by atoms with van der Waals surface area (Å²) in [5.41, 5.74) is 5.66. The van der Waals surface area contributed by atoms with E-state index in [4.69, 9.17) is 9.97 Å². The van der Waals surface area contributed by atoms with Crippen LogP contribution in [0.15, 0.2) is 91.5 Å². The highest BCUT2D eigenvalue weighted by atomic mass is 16.2. The third kappa shape index (κ3) is 5.70. The molecule has 0 aliphatic heterocycles. The van der Waals surface area contributed by atoms with Crippen LogP contribution in [-0.2, 0) is 11.3 Å². The maximum Gasteiger partial charge on any atom is 0.251 e. The fourth-order valence-corrected chi connectivity index (χ4v) is 4.13. The lowest BCUT2D eigenvalue weighted by molar-refractivity contribution is -0.114. The van der Waals surface area contributed by atoms with Crippen molar-refractivity contribution in [3.8, 4) is 22.5 Å². The van der Waals surface area contributed by atoms with Crippen LogP contribution < -0.4 is 10.6 Å². The summed E-state index contributed by atoms with van der Waals surface area (Å²) in [6.07, 6.45) is 6.20. The Bertz CT molecular complexity index is 1550. The van der Waals surface area contributed by atoms with Gasteiger partial charge in [0, 0.05) is 54.8 Å².